The zero-order valence-corrected chi connectivity index (χ0v) is 14.3. The van der Waals surface area contributed by atoms with E-state index in [2.05, 4.69) is 60.4 Å². The Morgan fingerprint density at radius 1 is 1.08 bits per heavy atom. The molecule has 0 radical (unpaired) electrons. The molecule has 1 amide bonds. The molecular weight excluding hydrogens is 300 g/mol. The molecule has 0 saturated carbocycles. The fourth-order valence-corrected chi connectivity index (χ4v) is 2.56. The van der Waals surface area contributed by atoms with Gasteiger partial charge in [0, 0.05) is 18.7 Å². The summed E-state index contributed by atoms with van der Waals surface area (Å²) in [6.07, 6.45) is 4.47. The van der Waals surface area contributed by atoms with E-state index in [1.54, 1.807) is 29.0 Å². The average molecular weight is 322 g/mol. The van der Waals surface area contributed by atoms with Crippen molar-refractivity contribution in [3.05, 3.63) is 59.9 Å². The van der Waals surface area contributed by atoms with Crippen molar-refractivity contribution in [1.82, 2.24) is 14.6 Å². The van der Waals surface area contributed by atoms with Crippen LogP contribution in [0.2, 0.25) is 0 Å². The summed E-state index contributed by atoms with van der Waals surface area (Å²) in [6.45, 7) is 6.58. The average Bonchev–Trinajstić information content (AvgIpc) is 3.02. The van der Waals surface area contributed by atoms with Gasteiger partial charge in [-0.2, -0.15) is 9.61 Å². The van der Waals surface area contributed by atoms with Crippen molar-refractivity contribution in [1.29, 1.82) is 0 Å². The second-order valence-electron chi connectivity index (χ2n) is 6.93. The zero-order chi connectivity index (χ0) is 17.2. The van der Waals surface area contributed by atoms with Gasteiger partial charge in [-0.15, -0.1) is 0 Å². The molecule has 0 fully saturated rings. The molecule has 0 unspecified atom stereocenters. The predicted molar refractivity (Wildman–Crippen MR) is 95.1 cm³/mol. The van der Waals surface area contributed by atoms with Gasteiger partial charge < -0.3 is 5.32 Å². The van der Waals surface area contributed by atoms with Crippen molar-refractivity contribution in [2.45, 2.75) is 39.0 Å². The van der Waals surface area contributed by atoms with Gasteiger partial charge in [-0.25, -0.2) is 4.98 Å². The summed E-state index contributed by atoms with van der Waals surface area (Å²) in [4.78, 5) is 16.4. The molecule has 3 aromatic rings. The number of nitrogens with one attached hydrogen (secondary N) is 1. The molecule has 124 valence electrons. The highest BCUT2D eigenvalue weighted by Gasteiger charge is 2.13. The topological polar surface area (TPSA) is 59.3 Å². The smallest absolute Gasteiger partial charge is 0.225 e. The van der Waals surface area contributed by atoms with Gasteiger partial charge in [0.05, 0.1) is 6.20 Å². The summed E-state index contributed by atoms with van der Waals surface area (Å²) in [5.41, 5.74) is 3.32. The maximum Gasteiger partial charge on any atom is 0.225 e. The van der Waals surface area contributed by atoms with Crippen LogP contribution in [-0.2, 0) is 16.6 Å². The van der Waals surface area contributed by atoms with Crippen LogP contribution in [0, 0.1) is 0 Å². The summed E-state index contributed by atoms with van der Waals surface area (Å²) < 4.78 is 1.62. The van der Waals surface area contributed by atoms with E-state index in [-0.39, 0.29) is 11.3 Å². The summed E-state index contributed by atoms with van der Waals surface area (Å²) in [6, 6.07) is 12.0. The first kappa shape index (κ1) is 16.2. The Kier molecular flexibility index (Phi) is 4.34. The number of carbonyl (C=O) groups excluding carboxylic acids is 1. The molecule has 2 heterocycles. The molecule has 0 aliphatic heterocycles. The standard InChI is InChI=1S/C19H22N4O/c1-19(2,3)15-7-4-14(5-8-15)6-9-18(24)22-17-10-12-20-16-11-13-21-23(16)17/h4-5,7-8,10-13H,6,9H2,1-3H3,(H,22,24). The van der Waals surface area contributed by atoms with Crippen LogP contribution in [0.1, 0.15) is 38.3 Å². The third-order valence-corrected chi connectivity index (χ3v) is 4.02. The number of nitrogens with zero attached hydrogens (tertiary/aromatic N) is 3. The van der Waals surface area contributed by atoms with E-state index >= 15 is 0 Å². The molecule has 0 saturated heterocycles. The summed E-state index contributed by atoms with van der Waals surface area (Å²) in [5.74, 6) is 0.607. The Morgan fingerprint density at radius 3 is 2.54 bits per heavy atom. The number of carbonyl (C=O) groups is 1. The number of aromatic nitrogens is 3. The van der Waals surface area contributed by atoms with Crippen molar-refractivity contribution in [2.75, 3.05) is 5.32 Å². The molecule has 2 aromatic heterocycles. The molecule has 1 aromatic carbocycles. The number of hydrogen-bond donors (Lipinski definition) is 1. The van der Waals surface area contributed by atoms with Gasteiger partial charge in [0.25, 0.3) is 0 Å². The second kappa shape index (κ2) is 6.43. The van der Waals surface area contributed by atoms with Crippen molar-refractivity contribution < 1.29 is 4.79 Å². The SMILES string of the molecule is CC(C)(C)c1ccc(CCC(=O)Nc2ccnc3ccnn23)cc1. The molecule has 0 spiro atoms. The molecule has 0 atom stereocenters. The van der Waals surface area contributed by atoms with Crippen LogP contribution < -0.4 is 5.32 Å². The summed E-state index contributed by atoms with van der Waals surface area (Å²) in [5, 5.41) is 7.06. The number of benzene rings is 1. The van der Waals surface area contributed by atoms with Gasteiger partial charge in [0.2, 0.25) is 5.91 Å². The van der Waals surface area contributed by atoms with Crippen LogP contribution in [0.15, 0.2) is 48.8 Å². The van der Waals surface area contributed by atoms with E-state index in [0.29, 0.717) is 24.3 Å². The van der Waals surface area contributed by atoms with E-state index in [9.17, 15) is 4.79 Å². The lowest BCUT2D eigenvalue weighted by molar-refractivity contribution is -0.116. The molecular formula is C19H22N4O. The number of anilines is 1. The highest BCUT2D eigenvalue weighted by atomic mass is 16.1. The molecule has 0 aliphatic carbocycles. The summed E-state index contributed by atoms with van der Waals surface area (Å²) in [7, 11) is 0. The fraction of sp³-hybridized carbons (Fsp3) is 0.316. The van der Waals surface area contributed by atoms with Gasteiger partial charge in [-0.3, -0.25) is 4.79 Å². The molecule has 5 heteroatoms. The molecule has 0 aliphatic rings. The Balaban J connectivity index is 1.61. The van der Waals surface area contributed by atoms with Crippen molar-refractivity contribution in [3.63, 3.8) is 0 Å². The van der Waals surface area contributed by atoms with Crippen LogP contribution >= 0.6 is 0 Å². The van der Waals surface area contributed by atoms with E-state index in [0.717, 1.165) is 5.56 Å². The number of amides is 1. The van der Waals surface area contributed by atoms with Crippen molar-refractivity contribution in [2.24, 2.45) is 0 Å². The number of aryl methyl sites for hydroxylation is 1. The van der Waals surface area contributed by atoms with Crippen LogP contribution in [0.25, 0.3) is 5.65 Å². The molecule has 3 rings (SSSR count). The zero-order valence-electron chi connectivity index (χ0n) is 14.3. The largest absolute Gasteiger partial charge is 0.311 e. The van der Waals surface area contributed by atoms with Gasteiger partial charge in [-0.1, -0.05) is 45.0 Å². The Morgan fingerprint density at radius 2 is 1.83 bits per heavy atom. The Labute approximate surface area is 141 Å². The molecule has 1 N–H and O–H groups in total. The highest BCUT2D eigenvalue weighted by molar-refractivity contribution is 5.90. The van der Waals surface area contributed by atoms with Crippen LogP contribution in [0.3, 0.4) is 0 Å². The maximum absolute atomic E-state index is 12.2. The number of fused-ring (bicyclic) bond motifs is 1. The third-order valence-electron chi connectivity index (χ3n) is 4.02. The first-order valence-corrected chi connectivity index (χ1v) is 8.11. The minimum atomic E-state index is -0.0297. The minimum Gasteiger partial charge on any atom is -0.311 e. The lowest BCUT2D eigenvalue weighted by Gasteiger charge is -2.19. The van der Waals surface area contributed by atoms with Crippen molar-refractivity contribution >= 4 is 17.4 Å². The second-order valence-corrected chi connectivity index (χ2v) is 6.93. The minimum absolute atomic E-state index is 0.0297. The van der Waals surface area contributed by atoms with E-state index in [1.165, 1.54) is 5.56 Å². The molecule has 24 heavy (non-hydrogen) atoms. The van der Waals surface area contributed by atoms with Crippen LogP contribution in [-0.4, -0.2) is 20.5 Å². The van der Waals surface area contributed by atoms with Crippen LogP contribution in [0.4, 0.5) is 5.82 Å². The fourth-order valence-electron chi connectivity index (χ4n) is 2.56. The Hall–Kier alpha value is -2.69. The van der Waals surface area contributed by atoms with Crippen molar-refractivity contribution in [3.8, 4) is 0 Å². The Bertz CT molecular complexity index is 844. The van der Waals surface area contributed by atoms with E-state index < -0.39 is 0 Å². The maximum atomic E-state index is 12.2. The van der Waals surface area contributed by atoms with Gasteiger partial charge in [0.1, 0.15) is 5.82 Å². The summed E-state index contributed by atoms with van der Waals surface area (Å²) >= 11 is 0. The first-order chi connectivity index (χ1) is 11.4. The van der Waals surface area contributed by atoms with E-state index in [1.807, 2.05) is 0 Å². The monoisotopic (exact) mass is 322 g/mol. The first-order valence-electron chi connectivity index (χ1n) is 8.11. The normalized spacial score (nSPS) is 11.6. The van der Waals surface area contributed by atoms with Gasteiger partial charge >= 0.3 is 0 Å². The molecule has 0 bridgehead atoms. The predicted octanol–water partition coefficient (Wildman–Crippen LogP) is 3.60. The molecule has 5 nitrogen and oxygen atoms in total. The van der Waals surface area contributed by atoms with Gasteiger partial charge in [0.15, 0.2) is 5.65 Å². The highest BCUT2D eigenvalue weighted by Crippen LogP contribution is 2.22. The lowest BCUT2D eigenvalue weighted by atomic mass is 9.86. The number of rotatable bonds is 4. The third kappa shape index (κ3) is 3.62. The van der Waals surface area contributed by atoms with Gasteiger partial charge in [-0.05, 0) is 29.0 Å². The van der Waals surface area contributed by atoms with E-state index in [4.69, 9.17) is 0 Å². The lowest BCUT2D eigenvalue weighted by Crippen LogP contribution is -2.15. The van der Waals surface area contributed by atoms with Crippen LogP contribution in [0.5, 0.6) is 0 Å². The number of hydrogen-bond acceptors (Lipinski definition) is 3. The quantitative estimate of drug-likeness (QED) is 0.798.